The highest BCUT2D eigenvalue weighted by molar-refractivity contribution is 6.31. The predicted octanol–water partition coefficient (Wildman–Crippen LogP) is 7.38. The van der Waals surface area contributed by atoms with Gasteiger partial charge in [0.05, 0.1) is 11.9 Å². The highest BCUT2D eigenvalue weighted by atomic mass is 35.5. The van der Waals surface area contributed by atoms with Crippen LogP contribution < -0.4 is 5.32 Å². The van der Waals surface area contributed by atoms with Crippen molar-refractivity contribution in [2.24, 2.45) is 0 Å². The van der Waals surface area contributed by atoms with Crippen molar-refractivity contribution in [3.8, 4) is 16.8 Å². The van der Waals surface area contributed by atoms with Crippen LogP contribution in [0.25, 0.3) is 16.8 Å². The van der Waals surface area contributed by atoms with E-state index < -0.39 is 12.2 Å². The summed E-state index contributed by atoms with van der Waals surface area (Å²) in [5, 5.41) is 7.69. The first-order chi connectivity index (χ1) is 16.1. The van der Waals surface area contributed by atoms with Crippen LogP contribution in [-0.2, 0) is 4.74 Å². The van der Waals surface area contributed by atoms with Crippen LogP contribution in [0.3, 0.4) is 0 Å². The van der Waals surface area contributed by atoms with Crippen LogP contribution in [0, 0.1) is 0 Å². The summed E-state index contributed by atoms with van der Waals surface area (Å²) in [6, 6.07) is 25.9. The minimum atomic E-state index is -0.573. The third kappa shape index (κ3) is 4.78. The van der Waals surface area contributed by atoms with E-state index in [4.69, 9.17) is 16.3 Å². The largest absolute Gasteiger partial charge is 0.441 e. The van der Waals surface area contributed by atoms with Gasteiger partial charge < -0.3 is 4.74 Å². The lowest BCUT2D eigenvalue weighted by Crippen LogP contribution is -2.18. The SMILES string of the molecule is C[C@@H](OC(=O)Nc1ccnn1-c1ccc(-c2ccc(C3CC3)cc2)cc1)c1ccccc1Cl. The number of aromatic nitrogens is 2. The highest BCUT2D eigenvalue weighted by Crippen LogP contribution is 2.40. The Morgan fingerprint density at radius 3 is 2.33 bits per heavy atom. The van der Waals surface area contributed by atoms with Crippen molar-refractivity contribution in [1.29, 1.82) is 0 Å². The number of benzene rings is 3. The summed E-state index contributed by atoms with van der Waals surface area (Å²) in [6.45, 7) is 1.79. The van der Waals surface area contributed by atoms with E-state index in [1.807, 2.05) is 30.3 Å². The molecule has 1 N–H and O–H groups in total. The Labute approximate surface area is 198 Å². The number of anilines is 1. The molecule has 1 heterocycles. The van der Waals surface area contributed by atoms with Gasteiger partial charge in [0.15, 0.2) is 0 Å². The van der Waals surface area contributed by atoms with Crippen LogP contribution in [-0.4, -0.2) is 15.9 Å². The van der Waals surface area contributed by atoms with Gasteiger partial charge in [-0.3, -0.25) is 5.32 Å². The molecule has 0 spiro atoms. The molecule has 0 unspecified atom stereocenters. The standard InChI is InChI=1S/C27H24ClN3O2/c1-18(24-4-2-3-5-25(24)28)33-27(32)30-26-16-17-29-31(26)23-14-12-22(13-15-23)21-10-8-20(9-11-21)19-6-7-19/h2-5,8-19H,6-7H2,1H3,(H,30,32)/t18-/m1/s1. The number of hydrogen-bond donors (Lipinski definition) is 1. The fourth-order valence-corrected chi connectivity index (χ4v) is 4.22. The predicted molar refractivity (Wildman–Crippen MR) is 131 cm³/mol. The number of carbonyl (C=O) groups is 1. The van der Waals surface area contributed by atoms with Crippen LogP contribution in [0.5, 0.6) is 0 Å². The second-order valence-corrected chi connectivity index (χ2v) is 8.67. The molecule has 0 aliphatic heterocycles. The summed E-state index contributed by atoms with van der Waals surface area (Å²) >= 11 is 6.21. The Morgan fingerprint density at radius 1 is 1.00 bits per heavy atom. The zero-order chi connectivity index (χ0) is 22.8. The second kappa shape index (κ2) is 9.12. The van der Waals surface area contributed by atoms with E-state index >= 15 is 0 Å². The minimum Gasteiger partial charge on any atom is -0.441 e. The maximum atomic E-state index is 12.5. The Balaban J connectivity index is 1.27. The molecule has 6 heteroatoms. The van der Waals surface area contributed by atoms with Gasteiger partial charge in [-0.1, -0.05) is 66.2 Å². The third-order valence-corrected chi connectivity index (χ3v) is 6.25. The first kappa shape index (κ1) is 21.3. The van der Waals surface area contributed by atoms with Crippen molar-refractivity contribution in [3.05, 3.63) is 101 Å². The van der Waals surface area contributed by atoms with E-state index in [0.29, 0.717) is 10.8 Å². The first-order valence-corrected chi connectivity index (χ1v) is 11.4. The van der Waals surface area contributed by atoms with Crippen molar-refractivity contribution in [2.75, 3.05) is 5.32 Å². The minimum absolute atomic E-state index is 0.486. The Bertz CT molecular complexity index is 1260. The fraction of sp³-hybridized carbons (Fsp3) is 0.185. The van der Waals surface area contributed by atoms with Crippen LogP contribution in [0.1, 0.15) is 42.9 Å². The molecule has 1 saturated carbocycles. The molecule has 0 saturated heterocycles. The number of halogens is 1. The molecule has 1 atom stereocenters. The topological polar surface area (TPSA) is 56.1 Å². The van der Waals surface area contributed by atoms with Crippen LogP contribution in [0.4, 0.5) is 10.6 Å². The molecule has 5 rings (SSSR count). The average Bonchev–Trinajstić information content (AvgIpc) is 3.58. The molecule has 5 nitrogen and oxygen atoms in total. The van der Waals surface area contributed by atoms with Crippen molar-refractivity contribution in [3.63, 3.8) is 0 Å². The fourth-order valence-electron chi connectivity index (χ4n) is 3.93. The van der Waals surface area contributed by atoms with E-state index in [1.165, 1.54) is 24.0 Å². The summed E-state index contributed by atoms with van der Waals surface area (Å²) in [5.74, 6) is 1.28. The molecular weight excluding hydrogens is 434 g/mol. The van der Waals surface area contributed by atoms with Crippen molar-refractivity contribution < 1.29 is 9.53 Å². The zero-order valence-electron chi connectivity index (χ0n) is 18.2. The van der Waals surface area contributed by atoms with Gasteiger partial charge in [-0.15, -0.1) is 0 Å². The van der Waals surface area contributed by atoms with Gasteiger partial charge in [-0.2, -0.15) is 5.10 Å². The summed E-state index contributed by atoms with van der Waals surface area (Å²) in [4.78, 5) is 12.5. The zero-order valence-corrected chi connectivity index (χ0v) is 19.0. The van der Waals surface area contributed by atoms with Crippen LogP contribution in [0.15, 0.2) is 85.1 Å². The van der Waals surface area contributed by atoms with Crippen LogP contribution >= 0.6 is 11.6 Å². The van der Waals surface area contributed by atoms with E-state index in [1.54, 1.807) is 29.9 Å². The normalized spacial score (nSPS) is 14.0. The van der Waals surface area contributed by atoms with E-state index in [9.17, 15) is 4.79 Å². The van der Waals surface area contributed by atoms with Gasteiger partial charge >= 0.3 is 6.09 Å². The molecule has 1 aliphatic rings. The molecule has 0 radical (unpaired) electrons. The van der Waals surface area contributed by atoms with Gasteiger partial charge in [-0.25, -0.2) is 9.48 Å². The van der Waals surface area contributed by atoms with E-state index in [-0.39, 0.29) is 0 Å². The summed E-state index contributed by atoms with van der Waals surface area (Å²) in [5.41, 5.74) is 5.34. The van der Waals surface area contributed by atoms with Crippen LogP contribution in [0.2, 0.25) is 5.02 Å². The first-order valence-electron chi connectivity index (χ1n) is 11.1. The number of rotatable bonds is 6. The van der Waals surface area contributed by atoms with Gasteiger partial charge in [0, 0.05) is 16.7 Å². The summed E-state index contributed by atoms with van der Waals surface area (Å²) in [7, 11) is 0. The number of carbonyl (C=O) groups excluding carboxylic acids is 1. The molecule has 4 aromatic rings. The van der Waals surface area contributed by atoms with E-state index in [0.717, 1.165) is 22.7 Å². The van der Waals surface area contributed by atoms with Crippen molar-refractivity contribution in [2.45, 2.75) is 31.8 Å². The van der Waals surface area contributed by atoms with Gasteiger partial charge in [0.25, 0.3) is 0 Å². The highest BCUT2D eigenvalue weighted by Gasteiger charge is 2.23. The lowest BCUT2D eigenvalue weighted by atomic mass is 10.0. The maximum absolute atomic E-state index is 12.5. The second-order valence-electron chi connectivity index (χ2n) is 8.27. The molecule has 1 aliphatic carbocycles. The molecule has 166 valence electrons. The number of hydrogen-bond acceptors (Lipinski definition) is 3. The third-order valence-electron chi connectivity index (χ3n) is 5.90. The molecule has 3 aromatic carbocycles. The molecule has 1 amide bonds. The van der Waals surface area contributed by atoms with Gasteiger partial charge in [0.1, 0.15) is 11.9 Å². The Kier molecular flexibility index (Phi) is 5.88. The number of nitrogens with zero attached hydrogens (tertiary/aromatic N) is 2. The molecule has 1 fully saturated rings. The summed E-state index contributed by atoms with van der Waals surface area (Å²) < 4.78 is 7.18. The number of ether oxygens (including phenoxy) is 1. The molecule has 1 aromatic heterocycles. The lowest BCUT2D eigenvalue weighted by molar-refractivity contribution is 0.121. The Hall–Kier alpha value is -3.57. The molecule has 33 heavy (non-hydrogen) atoms. The van der Waals surface area contributed by atoms with Gasteiger partial charge in [-0.05, 0) is 60.6 Å². The van der Waals surface area contributed by atoms with E-state index in [2.05, 4.69) is 46.8 Å². The monoisotopic (exact) mass is 457 g/mol. The molecule has 0 bridgehead atoms. The average molecular weight is 458 g/mol. The maximum Gasteiger partial charge on any atom is 0.413 e. The number of nitrogens with one attached hydrogen (secondary N) is 1. The Morgan fingerprint density at radius 2 is 1.67 bits per heavy atom. The number of amides is 1. The smallest absolute Gasteiger partial charge is 0.413 e. The molecular formula is C27H24ClN3O2. The van der Waals surface area contributed by atoms with Crippen molar-refractivity contribution in [1.82, 2.24) is 9.78 Å². The lowest BCUT2D eigenvalue weighted by Gasteiger charge is -2.16. The van der Waals surface area contributed by atoms with Gasteiger partial charge in [0.2, 0.25) is 0 Å². The van der Waals surface area contributed by atoms with Crippen molar-refractivity contribution >= 4 is 23.5 Å². The quantitative estimate of drug-likeness (QED) is 0.328. The summed E-state index contributed by atoms with van der Waals surface area (Å²) in [6.07, 6.45) is 3.19.